The monoisotopic (exact) mass is 284 g/mol. The predicted octanol–water partition coefficient (Wildman–Crippen LogP) is 5.07. The van der Waals surface area contributed by atoms with E-state index >= 15 is 0 Å². The molecular weight excluding hydrogens is 268 g/mol. The van der Waals surface area contributed by atoms with Crippen LogP contribution in [-0.4, -0.2) is 5.11 Å². The summed E-state index contributed by atoms with van der Waals surface area (Å²) in [5.41, 5.74) is 1.88. The quantitative estimate of drug-likeness (QED) is 0.509. The number of hydrogen-bond donors (Lipinski definition) is 1. The van der Waals surface area contributed by atoms with Crippen LogP contribution in [0.1, 0.15) is 17.2 Å². The molecule has 0 saturated heterocycles. The van der Waals surface area contributed by atoms with Crippen molar-refractivity contribution in [3.8, 4) is 0 Å². The number of aliphatic hydroxyl groups excluding tert-OH is 1. The lowest BCUT2D eigenvalue weighted by Gasteiger charge is -2.16. The Morgan fingerprint density at radius 1 is 0.591 bits per heavy atom. The highest BCUT2D eigenvalue weighted by molar-refractivity contribution is 6.09. The van der Waals surface area contributed by atoms with E-state index in [-0.39, 0.29) is 0 Å². The summed E-state index contributed by atoms with van der Waals surface area (Å²) in [6, 6.07) is 28.5. The van der Waals surface area contributed by atoms with E-state index in [4.69, 9.17) is 0 Å². The van der Waals surface area contributed by atoms with E-state index in [0.717, 1.165) is 21.9 Å². The largest absolute Gasteiger partial charge is 0.384 e. The van der Waals surface area contributed by atoms with Crippen molar-refractivity contribution < 1.29 is 5.11 Å². The molecule has 0 fully saturated rings. The molecule has 0 aliphatic rings. The Balaban J connectivity index is 2.04. The lowest BCUT2D eigenvalue weighted by atomic mass is 9.92. The Morgan fingerprint density at radius 3 is 1.95 bits per heavy atom. The van der Waals surface area contributed by atoms with Crippen LogP contribution in [-0.2, 0) is 0 Å². The van der Waals surface area contributed by atoms with Crippen LogP contribution in [0.4, 0.5) is 0 Å². The van der Waals surface area contributed by atoms with E-state index in [0.29, 0.717) is 0 Å². The van der Waals surface area contributed by atoms with Crippen LogP contribution in [0.15, 0.2) is 84.9 Å². The summed E-state index contributed by atoms with van der Waals surface area (Å²) in [4.78, 5) is 0. The zero-order chi connectivity index (χ0) is 14.9. The normalized spacial score (nSPS) is 12.6. The van der Waals surface area contributed by atoms with Crippen molar-refractivity contribution in [2.45, 2.75) is 6.10 Å². The topological polar surface area (TPSA) is 20.2 Å². The molecular formula is C21H16O. The fourth-order valence-corrected chi connectivity index (χ4v) is 3.12. The fraction of sp³-hybridized carbons (Fsp3) is 0.0476. The summed E-state index contributed by atoms with van der Waals surface area (Å²) in [7, 11) is 0. The van der Waals surface area contributed by atoms with Crippen molar-refractivity contribution in [1.29, 1.82) is 0 Å². The molecule has 1 unspecified atom stereocenters. The fourth-order valence-electron chi connectivity index (χ4n) is 3.12. The van der Waals surface area contributed by atoms with Gasteiger partial charge in [-0.1, -0.05) is 78.9 Å². The first-order valence-electron chi connectivity index (χ1n) is 7.48. The molecule has 1 heteroatoms. The standard InChI is InChI=1S/C21H16O/c22-21(15-8-2-1-3-9-15)20-14-16-10-4-5-11-17(16)18-12-6-7-13-19(18)20/h1-14,21-22H. The van der Waals surface area contributed by atoms with Gasteiger partial charge in [0.25, 0.3) is 0 Å². The molecule has 1 atom stereocenters. The van der Waals surface area contributed by atoms with Crippen molar-refractivity contribution >= 4 is 21.5 Å². The zero-order valence-corrected chi connectivity index (χ0v) is 12.1. The molecule has 1 nitrogen and oxygen atoms in total. The van der Waals surface area contributed by atoms with Gasteiger partial charge in [-0.3, -0.25) is 0 Å². The molecule has 0 aliphatic carbocycles. The van der Waals surface area contributed by atoms with Crippen LogP contribution < -0.4 is 0 Å². The van der Waals surface area contributed by atoms with Gasteiger partial charge in [0.05, 0.1) is 0 Å². The molecule has 0 saturated carbocycles. The second-order valence-electron chi connectivity index (χ2n) is 5.55. The second-order valence-corrected chi connectivity index (χ2v) is 5.55. The van der Waals surface area contributed by atoms with Gasteiger partial charge in [-0.25, -0.2) is 0 Å². The zero-order valence-electron chi connectivity index (χ0n) is 12.1. The first-order valence-corrected chi connectivity index (χ1v) is 7.48. The van der Waals surface area contributed by atoms with Crippen LogP contribution in [0.5, 0.6) is 0 Å². The molecule has 0 aliphatic heterocycles. The van der Waals surface area contributed by atoms with Crippen LogP contribution in [0.25, 0.3) is 21.5 Å². The first-order chi connectivity index (χ1) is 10.8. The molecule has 106 valence electrons. The maximum atomic E-state index is 10.8. The number of aliphatic hydroxyl groups is 1. The van der Waals surface area contributed by atoms with Gasteiger partial charge in [0.15, 0.2) is 0 Å². The maximum absolute atomic E-state index is 10.8. The number of fused-ring (bicyclic) bond motifs is 3. The predicted molar refractivity (Wildman–Crippen MR) is 92.0 cm³/mol. The Morgan fingerprint density at radius 2 is 1.18 bits per heavy atom. The van der Waals surface area contributed by atoms with E-state index in [9.17, 15) is 5.11 Å². The third-order valence-corrected chi connectivity index (χ3v) is 4.21. The average molecular weight is 284 g/mol. The summed E-state index contributed by atoms with van der Waals surface area (Å²) in [6.45, 7) is 0. The smallest absolute Gasteiger partial charge is 0.105 e. The van der Waals surface area contributed by atoms with Crippen LogP contribution >= 0.6 is 0 Å². The van der Waals surface area contributed by atoms with Crippen molar-refractivity contribution in [2.75, 3.05) is 0 Å². The maximum Gasteiger partial charge on any atom is 0.105 e. The minimum atomic E-state index is -0.615. The summed E-state index contributed by atoms with van der Waals surface area (Å²) in [6.07, 6.45) is -0.615. The molecule has 1 N–H and O–H groups in total. The van der Waals surface area contributed by atoms with Gasteiger partial charge in [0.2, 0.25) is 0 Å². The van der Waals surface area contributed by atoms with Gasteiger partial charge < -0.3 is 5.11 Å². The van der Waals surface area contributed by atoms with Crippen LogP contribution in [0.2, 0.25) is 0 Å². The first kappa shape index (κ1) is 13.1. The molecule has 0 aromatic heterocycles. The van der Waals surface area contributed by atoms with Gasteiger partial charge in [0.1, 0.15) is 6.10 Å². The third kappa shape index (κ3) is 2.07. The summed E-state index contributed by atoms with van der Waals surface area (Å²) in [5.74, 6) is 0. The summed E-state index contributed by atoms with van der Waals surface area (Å²) >= 11 is 0. The van der Waals surface area contributed by atoms with Crippen molar-refractivity contribution in [3.05, 3.63) is 96.1 Å². The second kappa shape index (κ2) is 5.28. The minimum absolute atomic E-state index is 0.615. The van der Waals surface area contributed by atoms with E-state index in [1.807, 2.05) is 48.5 Å². The van der Waals surface area contributed by atoms with Gasteiger partial charge in [0, 0.05) is 0 Å². The Hall–Kier alpha value is -2.64. The highest BCUT2D eigenvalue weighted by atomic mass is 16.3. The number of rotatable bonds is 2. The molecule has 0 bridgehead atoms. The average Bonchev–Trinajstić information content (AvgIpc) is 2.61. The van der Waals surface area contributed by atoms with Crippen LogP contribution in [0, 0.1) is 0 Å². The molecule has 22 heavy (non-hydrogen) atoms. The Kier molecular flexibility index (Phi) is 3.14. The SMILES string of the molecule is OC(c1ccccc1)c1cc2ccccc2c2ccccc12. The van der Waals surface area contributed by atoms with Crippen LogP contribution in [0.3, 0.4) is 0 Å². The molecule has 4 aromatic carbocycles. The van der Waals surface area contributed by atoms with Crippen molar-refractivity contribution in [3.63, 3.8) is 0 Å². The molecule has 4 aromatic rings. The highest BCUT2D eigenvalue weighted by Gasteiger charge is 2.15. The van der Waals surface area contributed by atoms with Gasteiger partial charge in [-0.05, 0) is 38.7 Å². The molecule has 4 rings (SSSR count). The van der Waals surface area contributed by atoms with E-state index < -0.39 is 6.10 Å². The minimum Gasteiger partial charge on any atom is -0.384 e. The molecule has 0 radical (unpaired) electrons. The van der Waals surface area contributed by atoms with E-state index in [1.54, 1.807) is 0 Å². The van der Waals surface area contributed by atoms with Crippen molar-refractivity contribution in [2.24, 2.45) is 0 Å². The Bertz CT molecular complexity index is 941. The van der Waals surface area contributed by atoms with Gasteiger partial charge in [-0.15, -0.1) is 0 Å². The molecule has 0 amide bonds. The number of benzene rings is 4. The highest BCUT2D eigenvalue weighted by Crippen LogP contribution is 2.34. The number of hydrogen-bond acceptors (Lipinski definition) is 1. The Labute approximate surface area is 129 Å². The van der Waals surface area contributed by atoms with E-state index in [2.05, 4.69) is 36.4 Å². The van der Waals surface area contributed by atoms with Gasteiger partial charge in [-0.2, -0.15) is 0 Å². The molecule has 0 heterocycles. The third-order valence-electron chi connectivity index (χ3n) is 4.21. The lowest BCUT2D eigenvalue weighted by molar-refractivity contribution is 0.222. The summed E-state index contributed by atoms with van der Waals surface area (Å²) in [5, 5.41) is 15.5. The lowest BCUT2D eigenvalue weighted by Crippen LogP contribution is -2.00. The van der Waals surface area contributed by atoms with E-state index in [1.165, 1.54) is 10.8 Å². The summed E-state index contributed by atoms with van der Waals surface area (Å²) < 4.78 is 0. The molecule has 0 spiro atoms. The van der Waals surface area contributed by atoms with Gasteiger partial charge >= 0.3 is 0 Å². The van der Waals surface area contributed by atoms with Crippen molar-refractivity contribution in [1.82, 2.24) is 0 Å².